The molecule has 1 saturated heterocycles. The Kier molecular flexibility index (Phi) is 2.79. The van der Waals surface area contributed by atoms with Gasteiger partial charge in [0.2, 0.25) is 11.8 Å². The standard InChI is InChI=1S/C16H17NO4S/c1-22(20,21)12-6-4-11(5-7-12)17-15(18)13-9-2-3-10(8-9)14(13)16(17)19/h4-7,9-10,13-14H,2-3,8H2,1H3. The summed E-state index contributed by atoms with van der Waals surface area (Å²) in [6.45, 7) is 0. The third-order valence-electron chi connectivity index (χ3n) is 5.45. The molecule has 5 nitrogen and oxygen atoms in total. The van der Waals surface area contributed by atoms with Crippen molar-refractivity contribution in [1.82, 2.24) is 0 Å². The van der Waals surface area contributed by atoms with E-state index < -0.39 is 9.84 Å². The van der Waals surface area contributed by atoms with E-state index >= 15 is 0 Å². The van der Waals surface area contributed by atoms with Crippen LogP contribution in [0.2, 0.25) is 0 Å². The molecule has 0 aromatic heterocycles. The number of carbonyl (C=O) groups is 2. The molecule has 4 atom stereocenters. The lowest BCUT2D eigenvalue weighted by Crippen LogP contribution is -2.32. The van der Waals surface area contributed by atoms with E-state index in [4.69, 9.17) is 0 Å². The molecule has 3 aliphatic rings. The average Bonchev–Trinajstić information content (AvgIpc) is 3.12. The Morgan fingerprint density at radius 3 is 1.91 bits per heavy atom. The van der Waals surface area contributed by atoms with Gasteiger partial charge in [0.15, 0.2) is 9.84 Å². The maximum atomic E-state index is 12.7. The molecule has 0 spiro atoms. The molecule has 3 fully saturated rings. The van der Waals surface area contributed by atoms with E-state index in [1.165, 1.54) is 17.0 Å². The fraction of sp³-hybridized carbons (Fsp3) is 0.500. The van der Waals surface area contributed by atoms with Crippen molar-refractivity contribution < 1.29 is 18.0 Å². The van der Waals surface area contributed by atoms with Crippen LogP contribution in [0.15, 0.2) is 29.2 Å². The molecule has 1 heterocycles. The molecule has 2 amide bonds. The van der Waals surface area contributed by atoms with E-state index in [-0.39, 0.29) is 28.5 Å². The normalized spacial score (nSPS) is 33.6. The first-order valence-corrected chi connectivity index (χ1v) is 9.45. The maximum Gasteiger partial charge on any atom is 0.237 e. The van der Waals surface area contributed by atoms with Gasteiger partial charge in [-0.1, -0.05) is 0 Å². The number of benzene rings is 1. The quantitative estimate of drug-likeness (QED) is 0.777. The Balaban J connectivity index is 1.69. The van der Waals surface area contributed by atoms with Crippen LogP contribution in [0.3, 0.4) is 0 Å². The molecular formula is C16H17NO4S. The maximum absolute atomic E-state index is 12.7. The molecule has 1 aliphatic heterocycles. The molecule has 22 heavy (non-hydrogen) atoms. The van der Waals surface area contributed by atoms with Gasteiger partial charge in [0.05, 0.1) is 22.4 Å². The number of hydrogen-bond acceptors (Lipinski definition) is 4. The van der Waals surface area contributed by atoms with Crippen molar-refractivity contribution in [3.05, 3.63) is 24.3 Å². The summed E-state index contributed by atoms with van der Waals surface area (Å²) < 4.78 is 23.0. The van der Waals surface area contributed by atoms with E-state index in [0.717, 1.165) is 25.5 Å². The fourth-order valence-corrected chi connectivity index (χ4v) is 5.14. The van der Waals surface area contributed by atoms with Crippen LogP contribution >= 0.6 is 0 Å². The van der Waals surface area contributed by atoms with Crippen LogP contribution < -0.4 is 4.90 Å². The molecule has 2 aliphatic carbocycles. The minimum absolute atomic E-state index is 0.102. The Morgan fingerprint density at radius 2 is 1.45 bits per heavy atom. The second kappa shape index (κ2) is 4.41. The lowest BCUT2D eigenvalue weighted by molar-refractivity contribution is -0.123. The molecule has 4 unspecified atom stereocenters. The van der Waals surface area contributed by atoms with Gasteiger partial charge in [-0.15, -0.1) is 0 Å². The summed E-state index contributed by atoms with van der Waals surface area (Å²) in [5.41, 5.74) is 0.483. The van der Waals surface area contributed by atoms with Crippen molar-refractivity contribution in [3.8, 4) is 0 Å². The highest BCUT2D eigenvalue weighted by molar-refractivity contribution is 7.90. The van der Waals surface area contributed by atoms with Crippen LogP contribution in [-0.2, 0) is 19.4 Å². The number of amides is 2. The summed E-state index contributed by atoms with van der Waals surface area (Å²) in [6.07, 6.45) is 4.24. The Bertz CT molecular complexity index is 740. The van der Waals surface area contributed by atoms with Crippen molar-refractivity contribution in [3.63, 3.8) is 0 Å². The second-order valence-corrected chi connectivity index (χ2v) is 8.68. The second-order valence-electron chi connectivity index (χ2n) is 6.66. The van der Waals surface area contributed by atoms with Crippen molar-refractivity contribution in [2.75, 3.05) is 11.2 Å². The van der Waals surface area contributed by atoms with Gasteiger partial charge >= 0.3 is 0 Å². The Labute approximate surface area is 129 Å². The van der Waals surface area contributed by atoms with Gasteiger partial charge in [0.25, 0.3) is 0 Å². The van der Waals surface area contributed by atoms with Crippen LogP contribution in [0.1, 0.15) is 19.3 Å². The van der Waals surface area contributed by atoms with E-state index in [9.17, 15) is 18.0 Å². The largest absolute Gasteiger partial charge is 0.274 e. The number of sulfone groups is 1. The summed E-state index contributed by atoms with van der Waals surface area (Å²) >= 11 is 0. The van der Waals surface area contributed by atoms with Crippen molar-refractivity contribution in [2.24, 2.45) is 23.7 Å². The number of nitrogens with zero attached hydrogens (tertiary/aromatic N) is 1. The summed E-state index contributed by atoms with van der Waals surface area (Å²) in [4.78, 5) is 26.8. The monoisotopic (exact) mass is 319 g/mol. The number of rotatable bonds is 2. The van der Waals surface area contributed by atoms with Gasteiger partial charge in [-0.25, -0.2) is 8.42 Å². The summed E-state index contributed by atoms with van der Waals surface area (Å²) in [5, 5.41) is 0. The van der Waals surface area contributed by atoms with Crippen molar-refractivity contribution >= 4 is 27.3 Å². The Hall–Kier alpha value is -1.69. The van der Waals surface area contributed by atoms with E-state index in [1.807, 2.05) is 0 Å². The van der Waals surface area contributed by atoms with Gasteiger partial charge in [0.1, 0.15) is 0 Å². The zero-order valence-corrected chi connectivity index (χ0v) is 13.0. The first kappa shape index (κ1) is 13.9. The van der Waals surface area contributed by atoms with Crippen LogP contribution in [0.25, 0.3) is 0 Å². The lowest BCUT2D eigenvalue weighted by Gasteiger charge is -2.19. The van der Waals surface area contributed by atoms with Crippen LogP contribution in [0.5, 0.6) is 0 Å². The van der Waals surface area contributed by atoms with Crippen LogP contribution in [-0.4, -0.2) is 26.5 Å². The van der Waals surface area contributed by atoms with E-state index in [1.54, 1.807) is 12.1 Å². The van der Waals surface area contributed by atoms with Gasteiger partial charge in [-0.3, -0.25) is 14.5 Å². The number of fused-ring (bicyclic) bond motifs is 5. The third-order valence-corrected chi connectivity index (χ3v) is 6.58. The van der Waals surface area contributed by atoms with Gasteiger partial charge < -0.3 is 0 Å². The fourth-order valence-electron chi connectivity index (χ4n) is 4.51. The van der Waals surface area contributed by atoms with Crippen molar-refractivity contribution in [1.29, 1.82) is 0 Å². The molecule has 4 rings (SSSR count). The highest BCUT2D eigenvalue weighted by atomic mass is 32.2. The highest BCUT2D eigenvalue weighted by Crippen LogP contribution is 2.56. The minimum atomic E-state index is -3.28. The summed E-state index contributed by atoms with van der Waals surface area (Å²) in [7, 11) is -3.28. The van der Waals surface area contributed by atoms with E-state index in [2.05, 4.69) is 0 Å². The van der Waals surface area contributed by atoms with Crippen LogP contribution in [0.4, 0.5) is 5.69 Å². The predicted molar refractivity (Wildman–Crippen MR) is 79.9 cm³/mol. The van der Waals surface area contributed by atoms with Crippen molar-refractivity contribution in [2.45, 2.75) is 24.2 Å². The first-order chi connectivity index (χ1) is 10.4. The molecule has 2 bridgehead atoms. The van der Waals surface area contributed by atoms with Crippen LogP contribution in [0, 0.1) is 23.7 Å². The molecule has 116 valence electrons. The number of hydrogen-bond donors (Lipinski definition) is 0. The van der Waals surface area contributed by atoms with Gasteiger partial charge in [-0.05, 0) is 55.4 Å². The average molecular weight is 319 g/mol. The molecule has 1 aromatic rings. The first-order valence-electron chi connectivity index (χ1n) is 7.56. The Morgan fingerprint density at radius 1 is 0.955 bits per heavy atom. The molecule has 2 saturated carbocycles. The SMILES string of the molecule is CS(=O)(=O)c1ccc(N2C(=O)C3C4CCC(C4)C3C2=O)cc1. The molecule has 1 aromatic carbocycles. The smallest absolute Gasteiger partial charge is 0.237 e. The van der Waals surface area contributed by atoms with Gasteiger partial charge in [0, 0.05) is 6.26 Å². The lowest BCUT2D eigenvalue weighted by atomic mass is 9.81. The number of imide groups is 1. The zero-order chi connectivity index (χ0) is 15.6. The zero-order valence-electron chi connectivity index (χ0n) is 12.2. The number of carbonyl (C=O) groups excluding carboxylic acids is 2. The van der Waals surface area contributed by atoms with E-state index in [0.29, 0.717) is 17.5 Å². The highest BCUT2D eigenvalue weighted by Gasteiger charge is 2.61. The molecular weight excluding hydrogens is 302 g/mol. The van der Waals surface area contributed by atoms with Gasteiger partial charge in [-0.2, -0.15) is 0 Å². The third kappa shape index (κ3) is 1.79. The molecule has 0 N–H and O–H groups in total. The molecule has 0 radical (unpaired) electrons. The minimum Gasteiger partial charge on any atom is -0.274 e. The molecule has 6 heteroatoms. The summed E-state index contributed by atoms with van der Waals surface area (Å²) in [5.74, 6) is 0.198. The summed E-state index contributed by atoms with van der Waals surface area (Å²) in [6, 6.07) is 6.01. The predicted octanol–water partition coefficient (Wildman–Crippen LogP) is 1.63. The number of anilines is 1. The topological polar surface area (TPSA) is 71.5 Å².